The predicted molar refractivity (Wildman–Crippen MR) is 102 cm³/mol. The third-order valence-corrected chi connectivity index (χ3v) is 5.63. The van der Waals surface area contributed by atoms with Crippen LogP contribution in [-0.4, -0.2) is 10.5 Å². The molecule has 1 aromatic heterocycles. The average molecular weight is 419 g/mol. The number of benzene rings is 2. The Kier molecular flexibility index (Phi) is 5.30. The highest BCUT2D eigenvalue weighted by molar-refractivity contribution is 9.10. The Hall–Kier alpha value is -2.05. The molecular weight excluding hydrogens is 403 g/mol. The van der Waals surface area contributed by atoms with Crippen LogP contribution in [-0.2, 0) is 13.5 Å². The fourth-order valence-corrected chi connectivity index (χ4v) is 3.89. The summed E-state index contributed by atoms with van der Waals surface area (Å²) in [6, 6.07) is 13.5. The van der Waals surface area contributed by atoms with Gasteiger partial charge < -0.3 is 4.57 Å². The van der Waals surface area contributed by atoms with Crippen LogP contribution in [0, 0.1) is 5.82 Å². The zero-order valence-corrected chi connectivity index (χ0v) is 16.2. The lowest BCUT2D eigenvalue weighted by atomic mass is 10.1. The van der Waals surface area contributed by atoms with Crippen molar-refractivity contribution in [2.24, 2.45) is 12.0 Å². The lowest BCUT2D eigenvalue weighted by molar-refractivity contribution is 0.0998. The first-order chi connectivity index (χ1) is 12.0. The molecule has 1 amide bonds. The van der Waals surface area contributed by atoms with Crippen molar-refractivity contribution in [1.82, 2.24) is 4.57 Å². The van der Waals surface area contributed by atoms with Gasteiger partial charge in [0.25, 0.3) is 5.91 Å². The molecule has 0 bridgehead atoms. The van der Waals surface area contributed by atoms with Crippen LogP contribution in [0.25, 0.3) is 11.3 Å². The van der Waals surface area contributed by atoms with Crippen molar-refractivity contribution in [3.8, 4) is 11.3 Å². The van der Waals surface area contributed by atoms with Crippen LogP contribution < -0.4 is 4.80 Å². The monoisotopic (exact) mass is 418 g/mol. The van der Waals surface area contributed by atoms with Gasteiger partial charge in [0.15, 0.2) is 4.80 Å². The second-order valence-corrected chi connectivity index (χ2v) is 7.48. The number of carbonyl (C=O) groups is 1. The lowest BCUT2D eigenvalue weighted by Gasteiger charge is -2.05. The number of thiazole rings is 1. The van der Waals surface area contributed by atoms with Gasteiger partial charge in [0.05, 0.1) is 5.69 Å². The molecule has 0 aliphatic heterocycles. The van der Waals surface area contributed by atoms with Crippen LogP contribution >= 0.6 is 27.3 Å². The molecule has 25 heavy (non-hydrogen) atoms. The fourth-order valence-electron chi connectivity index (χ4n) is 2.55. The molecule has 0 aliphatic carbocycles. The molecule has 0 N–H and O–H groups in total. The molecule has 0 fully saturated rings. The molecular formula is C19H16BrFN2OS. The molecule has 6 heteroatoms. The minimum Gasteiger partial charge on any atom is -0.319 e. The lowest BCUT2D eigenvalue weighted by Crippen LogP contribution is -2.14. The molecule has 3 nitrogen and oxygen atoms in total. The van der Waals surface area contributed by atoms with E-state index >= 15 is 0 Å². The van der Waals surface area contributed by atoms with Crippen LogP contribution in [0.1, 0.15) is 22.2 Å². The number of rotatable bonds is 3. The SMILES string of the molecule is CCc1sc(=NC(=O)c2ccc(Br)cc2)n(C)c1-c1ccc(F)cc1. The molecule has 3 rings (SSSR count). The maximum absolute atomic E-state index is 13.2. The van der Waals surface area contributed by atoms with E-state index in [4.69, 9.17) is 0 Å². The predicted octanol–water partition coefficient (Wildman–Crippen LogP) is 4.96. The van der Waals surface area contributed by atoms with E-state index in [0.29, 0.717) is 10.4 Å². The number of amides is 1. The molecule has 0 spiro atoms. The maximum atomic E-state index is 13.2. The Balaban J connectivity index is 2.07. The highest BCUT2D eigenvalue weighted by Gasteiger charge is 2.13. The molecule has 0 saturated carbocycles. The normalized spacial score (nSPS) is 11.8. The van der Waals surface area contributed by atoms with Crippen molar-refractivity contribution in [1.29, 1.82) is 0 Å². The quantitative estimate of drug-likeness (QED) is 0.591. The number of halogens is 2. The third kappa shape index (κ3) is 3.80. The summed E-state index contributed by atoms with van der Waals surface area (Å²) >= 11 is 4.84. The van der Waals surface area contributed by atoms with Gasteiger partial charge in [0.1, 0.15) is 5.82 Å². The summed E-state index contributed by atoms with van der Waals surface area (Å²) in [7, 11) is 1.88. The van der Waals surface area contributed by atoms with E-state index in [1.807, 2.05) is 23.7 Å². The number of aromatic nitrogens is 1. The molecule has 0 unspecified atom stereocenters. The van der Waals surface area contributed by atoms with Gasteiger partial charge in [-0.3, -0.25) is 4.79 Å². The van der Waals surface area contributed by atoms with E-state index in [2.05, 4.69) is 27.8 Å². The van der Waals surface area contributed by atoms with Crippen molar-refractivity contribution >= 4 is 33.2 Å². The summed E-state index contributed by atoms with van der Waals surface area (Å²) in [6.45, 7) is 2.05. The molecule has 0 atom stereocenters. The third-order valence-electron chi connectivity index (χ3n) is 3.83. The van der Waals surface area contributed by atoms with Gasteiger partial charge in [0, 0.05) is 22.0 Å². The van der Waals surface area contributed by atoms with E-state index < -0.39 is 0 Å². The molecule has 0 radical (unpaired) electrons. The zero-order chi connectivity index (χ0) is 18.0. The number of carbonyl (C=O) groups excluding carboxylic acids is 1. The summed E-state index contributed by atoms with van der Waals surface area (Å²) in [4.78, 5) is 18.5. The van der Waals surface area contributed by atoms with E-state index in [-0.39, 0.29) is 11.7 Å². The largest absolute Gasteiger partial charge is 0.319 e. The Morgan fingerprint density at radius 3 is 2.40 bits per heavy atom. The molecule has 2 aromatic carbocycles. The van der Waals surface area contributed by atoms with E-state index in [1.165, 1.54) is 23.5 Å². The summed E-state index contributed by atoms with van der Waals surface area (Å²) in [5, 5.41) is 0. The Labute approximate surface area is 157 Å². The van der Waals surface area contributed by atoms with Crippen LogP contribution in [0.4, 0.5) is 4.39 Å². The van der Waals surface area contributed by atoms with Gasteiger partial charge in [-0.15, -0.1) is 11.3 Å². The smallest absolute Gasteiger partial charge is 0.279 e. The first-order valence-electron chi connectivity index (χ1n) is 7.79. The van der Waals surface area contributed by atoms with E-state index in [0.717, 1.165) is 27.0 Å². The highest BCUT2D eigenvalue weighted by atomic mass is 79.9. The van der Waals surface area contributed by atoms with Crippen LogP contribution in [0.15, 0.2) is 58.0 Å². The molecule has 0 saturated heterocycles. The van der Waals surface area contributed by atoms with Crippen molar-refractivity contribution in [2.75, 3.05) is 0 Å². The number of hydrogen-bond acceptors (Lipinski definition) is 2. The van der Waals surface area contributed by atoms with Crippen LogP contribution in [0.2, 0.25) is 0 Å². The van der Waals surface area contributed by atoms with Gasteiger partial charge in [-0.05, 0) is 60.5 Å². The summed E-state index contributed by atoms with van der Waals surface area (Å²) < 4.78 is 16.0. The van der Waals surface area contributed by atoms with Crippen LogP contribution in [0.5, 0.6) is 0 Å². The maximum Gasteiger partial charge on any atom is 0.279 e. The Morgan fingerprint density at radius 1 is 1.16 bits per heavy atom. The second kappa shape index (κ2) is 7.45. The minimum atomic E-state index is -0.280. The molecule has 128 valence electrons. The molecule has 1 heterocycles. The Morgan fingerprint density at radius 2 is 1.80 bits per heavy atom. The summed E-state index contributed by atoms with van der Waals surface area (Å²) in [6.07, 6.45) is 0.813. The van der Waals surface area contributed by atoms with Gasteiger partial charge in [-0.25, -0.2) is 4.39 Å². The zero-order valence-electron chi connectivity index (χ0n) is 13.8. The van der Waals surface area contributed by atoms with Crippen molar-refractivity contribution in [3.63, 3.8) is 0 Å². The highest BCUT2D eigenvalue weighted by Crippen LogP contribution is 2.26. The summed E-state index contributed by atoms with van der Waals surface area (Å²) in [5.41, 5.74) is 2.42. The molecule has 3 aromatic rings. The molecule has 0 aliphatic rings. The number of aryl methyl sites for hydroxylation is 1. The van der Waals surface area contributed by atoms with Gasteiger partial charge in [-0.1, -0.05) is 22.9 Å². The van der Waals surface area contributed by atoms with Gasteiger partial charge in [0.2, 0.25) is 0 Å². The summed E-state index contributed by atoms with van der Waals surface area (Å²) in [5.74, 6) is -0.548. The Bertz CT molecular complexity index is 972. The average Bonchev–Trinajstić information content (AvgIpc) is 2.92. The van der Waals surface area contributed by atoms with E-state index in [9.17, 15) is 9.18 Å². The minimum absolute atomic E-state index is 0.269. The second-order valence-electron chi connectivity index (χ2n) is 5.50. The van der Waals surface area contributed by atoms with Crippen molar-refractivity contribution in [3.05, 3.63) is 74.1 Å². The topological polar surface area (TPSA) is 34.4 Å². The fraction of sp³-hybridized carbons (Fsp3) is 0.158. The number of nitrogens with zero attached hydrogens (tertiary/aromatic N) is 2. The van der Waals surface area contributed by atoms with Crippen molar-refractivity contribution in [2.45, 2.75) is 13.3 Å². The van der Waals surface area contributed by atoms with Crippen LogP contribution in [0.3, 0.4) is 0 Å². The van der Waals surface area contributed by atoms with Crippen molar-refractivity contribution < 1.29 is 9.18 Å². The van der Waals surface area contributed by atoms with Gasteiger partial charge >= 0.3 is 0 Å². The first-order valence-corrected chi connectivity index (χ1v) is 9.39. The van der Waals surface area contributed by atoms with Gasteiger partial charge in [-0.2, -0.15) is 4.99 Å². The van der Waals surface area contributed by atoms with E-state index in [1.54, 1.807) is 24.3 Å². The first kappa shape index (κ1) is 17.8. The number of hydrogen-bond donors (Lipinski definition) is 0. The standard InChI is InChI=1S/C19H16BrFN2OS/c1-3-16-17(12-6-10-15(21)11-7-12)23(2)19(25-16)22-18(24)13-4-8-14(20)9-5-13/h4-11H,3H2,1-2H3.